The molecule has 0 saturated heterocycles. The standard InChI is InChI=1S/C9H11BrClNO3S/c1-15-4-5-16(13,14)12-9-3-2-7(11)6-8(9)10/h2-3,6,12H,4-5H2,1H3. The first-order valence-corrected chi connectivity index (χ1v) is 7.21. The number of hydrogen-bond acceptors (Lipinski definition) is 3. The minimum atomic E-state index is -3.38. The van der Waals surface area contributed by atoms with Crippen molar-refractivity contribution in [2.24, 2.45) is 0 Å². The normalized spacial score (nSPS) is 11.4. The minimum Gasteiger partial charge on any atom is -0.384 e. The van der Waals surface area contributed by atoms with Gasteiger partial charge >= 0.3 is 0 Å². The lowest BCUT2D eigenvalue weighted by Crippen LogP contribution is -2.19. The molecule has 0 radical (unpaired) electrons. The van der Waals surface area contributed by atoms with Gasteiger partial charge in [0.05, 0.1) is 18.0 Å². The van der Waals surface area contributed by atoms with Gasteiger partial charge in [0.15, 0.2) is 0 Å². The van der Waals surface area contributed by atoms with Gasteiger partial charge in [-0.25, -0.2) is 8.42 Å². The summed E-state index contributed by atoms with van der Waals surface area (Å²) in [6.07, 6.45) is 0. The van der Waals surface area contributed by atoms with Crippen molar-refractivity contribution in [3.05, 3.63) is 27.7 Å². The second kappa shape index (κ2) is 5.86. The van der Waals surface area contributed by atoms with E-state index in [1.807, 2.05) is 0 Å². The van der Waals surface area contributed by atoms with Crippen LogP contribution >= 0.6 is 27.5 Å². The van der Waals surface area contributed by atoms with Crippen molar-refractivity contribution in [1.82, 2.24) is 0 Å². The Morgan fingerprint density at radius 3 is 2.75 bits per heavy atom. The smallest absolute Gasteiger partial charge is 0.235 e. The van der Waals surface area contributed by atoms with Gasteiger partial charge in [-0.3, -0.25) is 4.72 Å². The Balaban J connectivity index is 2.80. The topological polar surface area (TPSA) is 55.4 Å². The van der Waals surface area contributed by atoms with Crippen LogP contribution in [0.2, 0.25) is 5.02 Å². The van der Waals surface area contributed by atoms with Crippen molar-refractivity contribution >= 4 is 43.2 Å². The van der Waals surface area contributed by atoms with E-state index in [9.17, 15) is 8.42 Å². The van der Waals surface area contributed by atoms with Gasteiger partial charge < -0.3 is 4.74 Å². The van der Waals surface area contributed by atoms with E-state index in [1.165, 1.54) is 7.11 Å². The minimum absolute atomic E-state index is 0.0848. The molecule has 7 heteroatoms. The Kier molecular flexibility index (Phi) is 5.04. The van der Waals surface area contributed by atoms with Crippen LogP contribution in [-0.2, 0) is 14.8 Å². The average molecular weight is 329 g/mol. The maximum absolute atomic E-state index is 11.6. The summed E-state index contributed by atoms with van der Waals surface area (Å²) < 4.78 is 30.8. The molecule has 0 aromatic heterocycles. The SMILES string of the molecule is COCCS(=O)(=O)Nc1ccc(Cl)cc1Br. The van der Waals surface area contributed by atoms with Gasteiger partial charge in [0.1, 0.15) is 0 Å². The van der Waals surface area contributed by atoms with Gasteiger partial charge in [0.2, 0.25) is 10.0 Å². The van der Waals surface area contributed by atoms with Gasteiger partial charge in [-0.15, -0.1) is 0 Å². The molecule has 4 nitrogen and oxygen atoms in total. The fourth-order valence-electron chi connectivity index (χ4n) is 0.984. The van der Waals surface area contributed by atoms with Crippen molar-refractivity contribution in [2.75, 3.05) is 24.2 Å². The van der Waals surface area contributed by atoms with Crippen LogP contribution in [0.25, 0.3) is 0 Å². The zero-order chi connectivity index (χ0) is 12.2. The maximum Gasteiger partial charge on any atom is 0.235 e. The number of ether oxygens (including phenoxy) is 1. The number of sulfonamides is 1. The summed E-state index contributed by atoms with van der Waals surface area (Å²) in [6.45, 7) is 0.153. The molecule has 0 unspecified atom stereocenters. The van der Waals surface area contributed by atoms with Crippen LogP contribution in [0, 0.1) is 0 Å². The molecule has 0 amide bonds. The number of methoxy groups -OCH3 is 1. The molecule has 16 heavy (non-hydrogen) atoms. The zero-order valence-electron chi connectivity index (χ0n) is 8.54. The van der Waals surface area contributed by atoms with Crippen LogP contribution in [0.1, 0.15) is 0 Å². The molecular weight excluding hydrogens is 318 g/mol. The second-order valence-corrected chi connectivity index (χ2v) is 6.17. The van der Waals surface area contributed by atoms with Crippen LogP contribution in [0.3, 0.4) is 0 Å². The molecule has 0 fully saturated rings. The third-order valence-corrected chi connectivity index (χ3v) is 3.88. The van der Waals surface area contributed by atoms with E-state index in [1.54, 1.807) is 18.2 Å². The summed E-state index contributed by atoms with van der Waals surface area (Å²) in [5.74, 6) is -0.0848. The fourth-order valence-corrected chi connectivity index (χ4v) is 2.90. The predicted octanol–water partition coefficient (Wildman–Crippen LogP) is 2.49. The monoisotopic (exact) mass is 327 g/mol. The highest BCUT2D eigenvalue weighted by molar-refractivity contribution is 9.10. The van der Waals surface area contributed by atoms with E-state index in [-0.39, 0.29) is 12.4 Å². The van der Waals surface area contributed by atoms with Crippen LogP contribution in [0.4, 0.5) is 5.69 Å². The highest BCUT2D eigenvalue weighted by Gasteiger charge is 2.11. The molecule has 0 saturated carbocycles. The van der Waals surface area contributed by atoms with Crippen LogP contribution in [0.15, 0.2) is 22.7 Å². The van der Waals surface area contributed by atoms with E-state index in [4.69, 9.17) is 16.3 Å². The number of halogens is 2. The molecule has 0 aliphatic heterocycles. The molecule has 1 aromatic carbocycles. The quantitative estimate of drug-likeness (QED) is 0.903. The highest BCUT2D eigenvalue weighted by atomic mass is 79.9. The molecule has 0 bridgehead atoms. The van der Waals surface area contributed by atoms with Gasteiger partial charge in [0.25, 0.3) is 0 Å². The molecule has 0 spiro atoms. The molecule has 1 aromatic rings. The lowest BCUT2D eigenvalue weighted by molar-refractivity contribution is 0.217. The molecule has 90 valence electrons. The number of anilines is 1. The highest BCUT2D eigenvalue weighted by Crippen LogP contribution is 2.26. The summed E-state index contributed by atoms with van der Waals surface area (Å²) in [6, 6.07) is 4.83. The summed E-state index contributed by atoms with van der Waals surface area (Å²) in [5.41, 5.74) is 0.459. The molecular formula is C9H11BrClNO3S. The molecule has 0 aliphatic carbocycles. The Morgan fingerprint density at radius 2 is 2.19 bits per heavy atom. The third-order valence-electron chi connectivity index (χ3n) is 1.75. The van der Waals surface area contributed by atoms with Gasteiger partial charge in [-0.05, 0) is 34.1 Å². The lowest BCUT2D eigenvalue weighted by Gasteiger charge is -2.09. The molecule has 0 atom stereocenters. The van der Waals surface area contributed by atoms with Crippen molar-refractivity contribution in [3.63, 3.8) is 0 Å². The van der Waals surface area contributed by atoms with E-state index in [2.05, 4.69) is 20.7 Å². The zero-order valence-corrected chi connectivity index (χ0v) is 11.7. The van der Waals surface area contributed by atoms with Gasteiger partial charge in [-0.2, -0.15) is 0 Å². The fraction of sp³-hybridized carbons (Fsp3) is 0.333. The molecule has 0 heterocycles. The van der Waals surface area contributed by atoms with Gasteiger partial charge in [-0.1, -0.05) is 11.6 Å². The Labute approximate surface area is 108 Å². The first-order valence-electron chi connectivity index (χ1n) is 4.39. The van der Waals surface area contributed by atoms with E-state index >= 15 is 0 Å². The Hall–Kier alpha value is -0.300. The largest absolute Gasteiger partial charge is 0.384 e. The third kappa shape index (κ3) is 4.29. The Bertz CT molecular complexity index is 464. The van der Waals surface area contributed by atoms with Crippen LogP contribution in [-0.4, -0.2) is 27.9 Å². The first-order chi connectivity index (χ1) is 7.44. The van der Waals surface area contributed by atoms with Crippen LogP contribution in [0.5, 0.6) is 0 Å². The summed E-state index contributed by atoms with van der Waals surface area (Å²) in [7, 11) is -1.93. The average Bonchev–Trinajstić information content (AvgIpc) is 2.19. The summed E-state index contributed by atoms with van der Waals surface area (Å²) >= 11 is 8.97. The Morgan fingerprint density at radius 1 is 1.50 bits per heavy atom. The van der Waals surface area contributed by atoms with E-state index in [0.717, 1.165) is 0 Å². The van der Waals surface area contributed by atoms with Crippen molar-refractivity contribution in [1.29, 1.82) is 0 Å². The van der Waals surface area contributed by atoms with E-state index < -0.39 is 10.0 Å². The second-order valence-electron chi connectivity index (χ2n) is 3.04. The van der Waals surface area contributed by atoms with Crippen LogP contribution < -0.4 is 4.72 Å². The first kappa shape index (κ1) is 13.8. The maximum atomic E-state index is 11.6. The predicted molar refractivity (Wildman–Crippen MR) is 68.4 cm³/mol. The van der Waals surface area contributed by atoms with Gasteiger partial charge in [0, 0.05) is 16.6 Å². The van der Waals surface area contributed by atoms with Crippen molar-refractivity contribution in [3.8, 4) is 0 Å². The summed E-state index contributed by atoms with van der Waals surface area (Å²) in [4.78, 5) is 0. The number of rotatable bonds is 5. The number of benzene rings is 1. The van der Waals surface area contributed by atoms with Crippen molar-refractivity contribution in [2.45, 2.75) is 0 Å². The number of hydrogen-bond donors (Lipinski definition) is 1. The summed E-state index contributed by atoms with van der Waals surface area (Å²) in [5, 5.41) is 0.534. The van der Waals surface area contributed by atoms with Crippen molar-refractivity contribution < 1.29 is 13.2 Å². The number of nitrogens with one attached hydrogen (secondary N) is 1. The van der Waals surface area contributed by atoms with E-state index in [0.29, 0.717) is 15.2 Å². The molecule has 1 N–H and O–H groups in total. The molecule has 1 rings (SSSR count). The lowest BCUT2D eigenvalue weighted by atomic mass is 10.3. The molecule has 0 aliphatic rings.